The van der Waals surface area contributed by atoms with E-state index < -0.39 is 0 Å². The van der Waals surface area contributed by atoms with Gasteiger partial charge in [0.1, 0.15) is 0 Å². The Morgan fingerprint density at radius 3 is 2.64 bits per heavy atom. The van der Waals surface area contributed by atoms with Gasteiger partial charge < -0.3 is 19.7 Å². The van der Waals surface area contributed by atoms with Crippen molar-refractivity contribution in [2.24, 2.45) is 0 Å². The maximum atomic E-state index is 12.5. The molecular weight excluding hydrogens is 380 g/mol. The van der Waals surface area contributed by atoms with Crippen molar-refractivity contribution in [2.45, 2.75) is 19.9 Å². The number of carbonyl (C=O) groups excluding carboxylic acids is 2. The highest BCUT2D eigenvalue weighted by molar-refractivity contribution is 6.32. The summed E-state index contributed by atoms with van der Waals surface area (Å²) in [7, 11) is 0. The summed E-state index contributed by atoms with van der Waals surface area (Å²) in [5.41, 5.74) is 1.37. The van der Waals surface area contributed by atoms with Gasteiger partial charge in [0.2, 0.25) is 5.91 Å². The van der Waals surface area contributed by atoms with E-state index in [4.69, 9.17) is 21.1 Å². The van der Waals surface area contributed by atoms with Gasteiger partial charge in [-0.1, -0.05) is 41.9 Å². The second-order valence-corrected chi connectivity index (χ2v) is 6.82. The molecule has 0 aliphatic carbocycles. The molecule has 7 heteroatoms. The Morgan fingerprint density at radius 2 is 1.89 bits per heavy atom. The molecule has 3 rings (SSSR count). The number of rotatable bonds is 6. The Kier molecular flexibility index (Phi) is 6.76. The minimum Gasteiger partial charge on any atom is -0.489 e. The number of halogens is 1. The Balaban J connectivity index is 1.62. The lowest BCUT2D eigenvalue weighted by Gasteiger charge is -2.21. The van der Waals surface area contributed by atoms with Crippen molar-refractivity contribution in [3.63, 3.8) is 0 Å². The minimum absolute atomic E-state index is 0.0917. The molecule has 2 aromatic carbocycles. The van der Waals surface area contributed by atoms with Gasteiger partial charge in [0, 0.05) is 25.1 Å². The molecule has 0 aromatic heterocycles. The number of ether oxygens (including phenoxy) is 2. The number of likely N-dealkylation sites (N-methyl/N-ethyl adjacent to an activating group) is 1. The quantitative estimate of drug-likeness (QED) is 0.805. The molecule has 0 saturated heterocycles. The fourth-order valence-electron chi connectivity index (χ4n) is 2.91. The first kappa shape index (κ1) is 20.0. The summed E-state index contributed by atoms with van der Waals surface area (Å²) in [6.45, 7) is 3.89. The summed E-state index contributed by atoms with van der Waals surface area (Å²) >= 11 is 6.23. The number of nitrogens with zero attached hydrogens (tertiary/aromatic N) is 1. The Morgan fingerprint density at radius 1 is 1.14 bits per heavy atom. The number of benzene rings is 2. The van der Waals surface area contributed by atoms with Crippen LogP contribution >= 0.6 is 11.6 Å². The number of carbonyl (C=O) groups is 2. The van der Waals surface area contributed by atoms with E-state index in [1.54, 1.807) is 11.0 Å². The summed E-state index contributed by atoms with van der Waals surface area (Å²) in [6.07, 6.45) is 0.745. The summed E-state index contributed by atoms with van der Waals surface area (Å²) in [5, 5.41) is 2.98. The van der Waals surface area contributed by atoms with Crippen LogP contribution in [0.1, 0.15) is 29.3 Å². The zero-order valence-electron chi connectivity index (χ0n) is 15.7. The predicted octanol–water partition coefficient (Wildman–Crippen LogP) is 3.28. The van der Waals surface area contributed by atoms with Crippen LogP contribution in [0, 0.1) is 0 Å². The lowest BCUT2D eigenvalue weighted by Crippen LogP contribution is -2.39. The largest absolute Gasteiger partial charge is 0.489 e. The molecule has 148 valence electrons. The molecule has 0 bridgehead atoms. The van der Waals surface area contributed by atoms with E-state index in [0.717, 1.165) is 12.0 Å². The number of hydrogen-bond donors (Lipinski definition) is 1. The molecule has 2 aromatic rings. The molecule has 1 aliphatic heterocycles. The maximum absolute atomic E-state index is 12.5. The molecule has 28 heavy (non-hydrogen) atoms. The Labute approximate surface area is 169 Å². The normalized spacial score (nSPS) is 12.8. The molecule has 0 fully saturated rings. The van der Waals surface area contributed by atoms with E-state index in [0.29, 0.717) is 48.4 Å². The minimum atomic E-state index is -0.387. The van der Waals surface area contributed by atoms with Gasteiger partial charge in [-0.05, 0) is 24.6 Å². The van der Waals surface area contributed by atoms with Gasteiger partial charge in [-0.15, -0.1) is 0 Å². The van der Waals surface area contributed by atoms with Crippen LogP contribution < -0.4 is 14.8 Å². The Hall–Kier alpha value is -2.73. The zero-order chi connectivity index (χ0) is 19.9. The third kappa shape index (κ3) is 4.95. The first-order valence-electron chi connectivity index (χ1n) is 9.27. The number of nitrogens with one attached hydrogen (secondary N) is 1. The molecule has 0 atom stereocenters. The van der Waals surface area contributed by atoms with Gasteiger partial charge in [-0.2, -0.15) is 0 Å². The van der Waals surface area contributed by atoms with Crippen molar-refractivity contribution in [1.82, 2.24) is 10.2 Å². The van der Waals surface area contributed by atoms with Crippen LogP contribution in [-0.2, 0) is 11.3 Å². The second kappa shape index (κ2) is 9.46. The van der Waals surface area contributed by atoms with E-state index in [1.165, 1.54) is 6.07 Å². The third-order valence-electron chi connectivity index (χ3n) is 4.42. The first-order valence-corrected chi connectivity index (χ1v) is 9.65. The van der Waals surface area contributed by atoms with Crippen molar-refractivity contribution < 1.29 is 19.1 Å². The van der Waals surface area contributed by atoms with Gasteiger partial charge in [0.05, 0.1) is 24.8 Å². The average Bonchev–Trinajstić information content (AvgIpc) is 2.96. The maximum Gasteiger partial charge on any atom is 0.251 e. The highest BCUT2D eigenvalue weighted by Gasteiger charge is 2.19. The van der Waals surface area contributed by atoms with E-state index in [9.17, 15) is 9.59 Å². The lowest BCUT2D eigenvalue weighted by molar-refractivity contribution is -0.130. The number of amides is 2. The molecule has 1 heterocycles. The molecule has 2 amide bonds. The van der Waals surface area contributed by atoms with Crippen LogP contribution in [0.15, 0.2) is 42.5 Å². The van der Waals surface area contributed by atoms with E-state index in [1.807, 2.05) is 37.3 Å². The fourth-order valence-corrected chi connectivity index (χ4v) is 3.18. The van der Waals surface area contributed by atoms with Crippen molar-refractivity contribution in [1.29, 1.82) is 0 Å². The van der Waals surface area contributed by atoms with Gasteiger partial charge in [0.15, 0.2) is 11.5 Å². The van der Waals surface area contributed by atoms with Gasteiger partial charge in [-0.3, -0.25) is 9.59 Å². The summed E-state index contributed by atoms with van der Waals surface area (Å²) in [4.78, 5) is 26.7. The van der Waals surface area contributed by atoms with Crippen LogP contribution in [0.2, 0.25) is 5.02 Å². The molecule has 1 N–H and O–H groups in total. The molecule has 0 saturated carbocycles. The monoisotopic (exact) mass is 402 g/mol. The van der Waals surface area contributed by atoms with Gasteiger partial charge >= 0.3 is 0 Å². The standard InChI is InChI=1S/C21H23ClN2O4/c1-2-24(14-15-7-4-3-5-8-15)19(25)13-23-21(26)16-11-17(22)20-18(12-16)27-9-6-10-28-20/h3-5,7-8,11-12H,2,6,9-10,13-14H2,1H3,(H,23,26). The van der Waals surface area contributed by atoms with Crippen LogP contribution in [0.5, 0.6) is 11.5 Å². The van der Waals surface area contributed by atoms with Crippen LogP contribution in [0.25, 0.3) is 0 Å². The fraction of sp³-hybridized carbons (Fsp3) is 0.333. The van der Waals surface area contributed by atoms with E-state index in [2.05, 4.69) is 5.32 Å². The number of fused-ring (bicyclic) bond motifs is 1. The van der Waals surface area contributed by atoms with Crippen molar-refractivity contribution in [2.75, 3.05) is 26.3 Å². The van der Waals surface area contributed by atoms with E-state index >= 15 is 0 Å². The lowest BCUT2D eigenvalue weighted by atomic mass is 10.2. The zero-order valence-corrected chi connectivity index (χ0v) is 16.5. The molecule has 1 aliphatic rings. The highest BCUT2D eigenvalue weighted by atomic mass is 35.5. The molecule has 0 spiro atoms. The van der Waals surface area contributed by atoms with Crippen molar-refractivity contribution >= 4 is 23.4 Å². The van der Waals surface area contributed by atoms with Crippen LogP contribution in [-0.4, -0.2) is 43.0 Å². The van der Waals surface area contributed by atoms with Crippen LogP contribution in [0.3, 0.4) is 0 Å². The van der Waals surface area contributed by atoms with Crippen molar-refractivity contribution in [3.05, 3.63) is 58.6 Å². The highest BCUT2D eigenvalue weighted by Crippen LogP contribution is 2.37. The van der Waals surface area contributed by atoms with Gasteiger partial charge in [-0.25, -0.2) is 0 Å². The summed E-state index contributed by atoms with van der Waals surface area (Å²) in [6, 6.07) is 12.8. The predicted molar refractivity (Wildman–Crippen MR) is 107 cm³/mol. The smallest absolute Gasteiger partial charge is 0.251 e. The topological polar surface area (TPSA) is 67.9 Å². The molecule has 0 unspecified atom stereocenters. The Bertz CT molecular complexity index is 842. The second-order valence-electron chi connectivity index (χ2n) is 6.41. The van der Waals surface area contributed by atoms with Crippen LogP contribution in [0.4, 0.5) is 0 Å². The SMILES string of the molecule is CCN(Cc1ccccc1)C(=O)CNC(=O)c1cc(Cl)c2c(c1)OCCCO2. The van der Waals surface area contributed by atoms with E-state index in [-0.39, 0.29) is 18.4 Å². The summed E-state index contributed by atoms with van der Waals surface area (Å²) < 4.78 is 11.2. The molecule has 0 radical (unpaired) electrons. The number of hydrogen-bond acceptors (Lipinski definition) is 4. The molecular formula is C21H23ClN2O4. The third-order valence-corrected chi connectivity index (χ3v) is 4.70. The van der Waals surface area contributed by atoms with Gasteiger partial charge in [0.25, 0.3) is 5.91 Å². The first-order chi connectivity index (χ1) is 13.6. The summed E-state index contributed by atoms with van der Waals surface area (Å²) in [5.74, 6) is 0.356. The molecule has 6 nitrogen and oxygen atoms in total. The van der Waals surface area contributed by atoms with Crippen molar-refractivity contribution in [3.8, 4) is 11.5 Å². The average molecular weight is 403 g/mol.